The van der Waals surface area contributed by atoms with E-state index < -0.39 is 0 Å². The minimum absolute atomic E-state index is 0.130. The molecule has 29 heavy (non-hydrogen) atoms. The lowest BCUT2D eigenvalue weighted by Crippen LogP contribution is -2.19. The van der Waals surface area contributed by atoms with Gasteiger partial charge in [0.2, 0.25) is 5.91 Å². The van der Waals surface area contributed by atoms with Gasteiger partial charge in [-0.3, -0.25) is 4.79 Å². The highest BCUT2D eigenvalue weighted by molar-refractivity contribution is 5.92. The van der Waals surface area contributed by atoms with Crippen LogP contribution in [0.1, 0.15) is 49.3 Å². The maximum absolute atomic E-state index is 12.6. The summed E-state index contributed by atoms with van der Waals surface area (Å²) in [7, 11) is 0. The number of nitrogens with zero attached hydrogens (tertiary/aromatic N) is 2. The zero-order valence-electron chi connectivity index (χ0n) is 16.3. The van der Waals surface area contributed by atoms with Gasteiger partial charge in [-0.25, -0.2) is 9.97 Å². The molecule has 1 aliphatic carbocycles. The van der Waals surface area contributed by atoms with Gasteiger partial charge in [-0.05, 0) is 30.5 Å². The number of rotatable bonds is 5. The van der Waals surface area contributed by atoms with Crippen molar-refractivity contribution in [1.29, 1.82) is 0 Å². The molecule has 1 aromatic heterocycles. The molecule has 4 rings (SSSR count). The molecule has 148 valence electrons. The average Bonchev–Trinajstić information content (AvgIpc) is 2.77. The van der Waals surface area contributed by atoms with Crippen molar-refractivity contribution in [3.8, 4) is 17.0 Å². The van der Waals surface area contributed by atoms with Crippen LogP contribution in [0, 0.1) is 0 Å². The number of hydrogen-bond acceptors (Lipinski definition) is 4. The van der Waals surface area contributed by atoms with E-state index in [0.717, 1.165) is 35.4 Å². The second kappa shape index (κ2) is 8.86. The van der Waals surface area contributed by atoms with E-state index in [-0.39, 0.29) is 18.1 Å². The third-order valence-corrected chi connectivity index (χ3v) is 5.42. The molecule has 2 N–H and O–H groups in total. The molecule has 5 nitrogen and oxygen atoms in total. The highest BCUT2D eigenvalue weighted by Gasteiger charge is 2.23. The van der Waals surface area contributed by atoms with Gasteiger partial charge in [0.1, 0.15) is 5.75 Å². The van der Waals surface area contributed by atoms with Gasteiger partial charge >= 0.3 is 0 Å². The maximum Gasteiger partial charge on any atom is 0.229 e. The lowest BCUT2D eigenvalue weighted by atomic mass is 9.86. The Kier molecular flexibility index (Phi) is 5.84. The average molecular weight is 387 g/mol. The number of nitrogens with one attached hydrogen (secondary N) is 1. The van der Waals surface area contributed by atoms with E-state index >= 15 is 0 Å². The fourth-order valence-electron chi connectivity index (χ4n) is 3.88. The molecule has 5 heteroatoms. The number of aromatic nitrogens is 2. The van der Waals surface area contributed by atoms with Crippen LogP contribution in [0.4, 0.5) is 5.82 Å². The first-order chi connectivity index (χ1) is 14.2. The maximum atomic E-state index is 12.6. The quantitative estimate of drug-likeness (QED) is 0.640. The van der Waals surface area contributed by atoms with Crippen LogP contribution in [-0.4, -0.2) is 21.0 Å². The van der Waals surface area contributed by atoms with Crippen LogP contribution in [0.5, 0.6) is 5.75 Å². The van der Waals surface area contributed by atoms with Crippen LogP contribution in [0.15, 0.2) is 60.8 Å². The normalized spacial score (nSPS) is 14.5. The van der Waals surface area contributed by atoms with Crippen molar-refractivity contribution in [1.82, 2.24) is 9.97 Å². The topological polar surface area (TPSA) is 75.1 Å². The first-order valence-electron chi connectivity index (χ1n) is 10.2. The Bertz CT molecular complexity index is 965. The Balaban J connectivity index is 1.59. The SMILES string of the molecule is O=C(Cc1ccc(O)cc1)Nc1ncc(-c2ccccc2)nc1C1CCCCC1. The van der Waals surface area contributed by atoms with Gasteiger partial charge in [0.05, 0.1) is 24.0 Å². The summed E-state index contributed by atoms with van der Waals surface area (Å²) in [4.78, 5) is 22.1. The van der Waals surface area contributed by atoms with E-state index in [1.165, 1.54) is 19.3 Å². The highest BCUT2D eigenvalue weighted by Crippen LogP contribution is 2.35. The van der Waals surface area contributed by atoms with Crippen molar-refractivity contribution in [2.24, 2.45) is 0 Å². The molecule has 3 aromatic rings. The van der Waals surface area contributed by atoms with Crippen molar-refractivity contribution < 1.29 is 9.90 Å². The lowest BCUT2D eigenvalue weighted by molar-refractivity contribution is -0.115. The largest absolute Gasteiger partial charge is 0.508 e. The van der Waals surface area contributed by atoms with E-state index in [1.54, 1.807) is 30.5 Å². The van der Waals surface area contributed by atoms with Crippen LogP contribution in [-0.2, 0) is 11.2 Å². The van der Waals surface area contributed by atoms with E-state index in [2.05, 4.69) is 10.3 Å². The number of carbonyl (C=O) groups is 1. The molecule has 0 radical (unpaired) electrons. The van der Waals surface area contributed by atoms with Crippen LogP contribution >= 0.6 is 0 Å². The molecule has 0 bridgehead atoms. The molecule has 1 fully saturated rings. The molecule has 1 aliphatic rings. The van der Waals surface area contributed by atoms with E-state index in [1.807, 2.05) is 30.3 Å². The summed E-state index contributed by atoms with van der Waals surface area (Å²) < 4.78 is 0. The Morgan fingerprint density at radius 2 is 1.72 bits per heavy atom. The Morgan fingerprint density at radius 3 is 2.45 bits per heavy atom. The number of carbonyl (C=O) groups excluding carboxylic acids is 1. The Morgan fingerprint density at radius 1 is 1.00 bits per heavy atom. The van der Waals surface area contributed by atoms with Crippen molar-refractivity contribution in [2.45, 2.75) is 44.4 Å². The van der Waals surface area contributed by atoms with Crippen molar-refractivity contribution >= 4 is 11.7 Å². The van der Waals surface area contributed by atoms with Crippen LogP contribution < -0.4 is 5.32 Å². The summed E-state index contributed by atoms with van der Waals surface area (Å²) in [5.41, 5.74) is 3.60. The number of phenols is 1. The second-order valence-corrected chi connectivity index (χ2v) is 7.58. The summed E-state index contributed by atoms with van der Waals surface area (Å²) in [5.74, 6) is 0.954. The molecule has 0 spiro atoms. The van der Waals surface area contributed by atoms with Gasteiger partial charge in [0.25, 0.3) is 0 Å². The van der Waals surface area contributed by atoms with Crippen molar-refractivity contribution in [3.63, 3.8) is 0 Å². The smallest absolute Gasteiger partial charge is 0.229 e. The second-order valence-electron chi connectivity index (χ2n) is 7.58. The minimum Gasteiger partial charge on any atom is -0.508 e. The van der Waals surface area contributed by atoms with E-state index in [9.17, 15) is 9.90 Å². The molecular formula is C24H25N3O2. The molecule has 1 heterocycles. The monoisotopic (exact) mass is 387 g/mol. The molecule has 0 saturated heterocycles. The molecule has 2 aromatic carbocycles. The summed E-state index contributed by atoms with van der Waals surface area (Å²) >= 11 is 0. The third kappa shape index (κ3) is 4.80. The van der Waals surface area contributed by atoms with Crippen LogP contribution in [0.3, 0.4) is 0 Å². The van der Waals surface area contributed by atoms with E-state index in [4.69, 9.17) is 4.98 Å². The van der Waals surface area contributed by atoms with Gasteiger partial charge < -0.3 is 10.4 Å². The number of aromatic hydroxyl groups is 1. The fourth-order valence-corrected chi connectivity index (χ4v) is 3.88. The predicted octanol–water partition coefficient (Wildman–Crippen LogP) is 5.08. The fraction of sp³-hybridized carbons (Fsp3) is 0.292. The summed E-state index contributed by atoms with van der Waals surface area (Å²) in [6, 6.07) is 16.7. The molecule has 1 amide bonds. The van der Waals surface area contributed by atoms with E-state index in [0.29, 0.717) is 11.7 Å². The van der Waals surface area contributed by atoms with Gasteiger partial charge in [-0.2, -0.15) is 0 Å². The molecule has 0 unspecified atom stereocenters. The molecule has 0 aliphatic heterocycles. The standard InChI is InChI=1S/C24H25N3O2/c28-20-13-11-17(12-14-20)15-22(29)27-24-23(19-9-5-2-6-10-19)26-21(16-25-24)18-7-3-1-4-8-18/h1,3-4,7-8,11-14,16,19,28H,2,5-6,9-10,15H2,(H,25,27,29). The number of anilines is 1. The number of benzene rings is 2. The number of amides is 1. The lowest BCUT2D eigenvalue weighted by Gasteiger charge is -2.23. The van der Waals surface area contributed by atoms with Crippen LogP contribution in [0.25, 0.3) is 11.3 Å². The van der Waals surface area contributed by atoms with Crippen LogP contribution in [0.2, 0.25) is 0 Å². The van der Waals surface area contributed by atoms with Gasteiger partial charge in [0.15, 0.2) is 5.82 Å². The summed E-state index contributed by atoms with van der Waals surface area (Å²) in [5, 5.41) is 12.4. The minimum atomic E-state index is -0.130. The Labute approximate surface area is 170 Å². The number of phenolic OH excluding ortho intramolecular Hbond substituents is 1. The molecule has 1 saturated carbocycles. The van der Waals surface area contributed by atoms with Crippen molar-refractivity contribution in [2.75, 3.05) is 5.32 Å². The highest BCUT2D eigenvalue weighted by atomic mass is 16.3. The molecule has 0 atom stereocenters. The Hall–Kier alpha value is -3.21. The predicted molar refractivity (Wildman–Crippen MR) is 114 cm³/mol. The first kappa shape index (κ1) is 19.1. The van der Waals surface area contributed by atoms with Crippen molar-refractivity contribution in [3.05, 3.63) is 72.1 Å². The molecular weight excluding hydrogens is 362 g/mol. The zero-order chi connectivity index (χ0) is 20.1. The van der Waals surface area contributed by atoms with Gasteiger partial charge in [-0.15, -0.1) is 0 Å². The van der Waals surface area contributed by atoms with Gasteiger partial charge in [0, 0.05) is 11.5 Å². The summed E-state index contributed by atoms with van der Waals surface area (Å²) in [6.45, 7) is 0. The zero-order valence-corrected chi connectivity index (χ0v) is 16.3. The summed E-state index contributed by atoms with van der Waals surface area (Å²) in [6.07, 6.45) is 7.74. The number of hydrogen-bond donors (Lipinski definition) is 2. The van der Waals surface area contributed by atoms with Gasteiger partial charge in [-0.1, -0.05) is 61.7 Å². The first-order valence-corrected chi connectivity index (χ1v) is 10.2. The third-order valence-electron chi connectivity index (χ3n) is 5.42.